The summed E-state index contributed by atoms with van der Waals surface area (Å²) in [4.78, 5) is 24.5. The Morgan fingerprint density at radius 3 is 1.02 bits per heavy atom. The third-order valence-corrected chi connectivity index (χ3v) is 11.4. The number of ether oxygens (including phenoxy) is 2. The van der Waals surface area contributed by atoms with E-state index in [4.69, 9.17) is 9.47 Å². The Hall–Kier alpha value is -3.18. The smallest absolute Gasteiger partial charge is 0.306 e. The van der Waals surface area contributed by atoms with Crippen LogP contribution in [0.5, 0.6) is 0 Å². The van der Waals surface area contributed by atoms with E-state index in [1.165, 1.54) is 135 Å². The molecule has 0 saturated heterocycles. The first-order valence-corrected chi connectivity index (χ1v) is 26.8. The summed E-state index contributed by atoms with van der Waals surface area (Å²) in [5, 5.41) is 9.64. The van der Waals surface area contributed by atoms with Crippen molar-refractivity contribution in [1.29, 1.82) is 0 Å². The van der Waals surface area contributed by atoms with Crippen LogP contribution in [0.2, 0.25) is 0 Å². The zero-order valence-corrected chi connectivity index (χ0v) is 41.8. The van der Waals surface area contributed by atoms with Gasteiger partial charge in [-0.1, -0.05) is 233 Å². The maximum atomic E-state index is 12.3. The van der Waals surface area contributed by atoms with Gasteiger partial charge in [0.15, 0.2) is 6.10 Å². The van der Waals surface area contributed by atoms with E-state index in [-0.39, 0.29) is 25.2 Å². The van der Waals surface area contributed by atoms with Gasteiger partial charge in [0.25, 0.3) is 0 Å². The molecule has 64 heavy (non-hydrogen) atoms. The fourth-order valence-corrected chi connectivity index (χ4v) is 7.35. The molecule has 0 aromatic rings. The third-order valence-electron chi connectivity index (χ3n) is 11.4. The normalized spacial score (nSPS) is 13.0. The zero-order chi connectivity index (χ0) is 46.3. The second-order valence-electron chi connectivity index (χ2n) is 17.6. The van der Waals surface area contributed by atoms with Gasteiger partial charge in [0.2, 0.25) is 0 Å². The molecule has 1 unspecified atom stereocenters. The second-order valence-corrected chi connectivity index (χ2v) is 17.6. The third kappa shape index (κ3) is 51.5. The summed E-state index contributed by atoms with van der Waals surface area (Å²) in [6.07, 6.45) is 76.4. The van der Waals surface area contributed by atoms with E-state index in [0.29, 0.717) is 12.8 Å². The van der Waals surface area contributed by atoms with Crippen molar-refractivity contribution in [3.8, 4) is 0 Å². The Bertz CT molecular complexity index is 1230. The van der Waals surface area contributed by atoms with Crippen LogP contribution in [0.4, 0.5) is 0 Å². The summed E-state index contributed by atoms with van der Waals surface area (Å²) in [6, 6.07) is 0. The number of unbranched alkanes of at least 4 members (excludes halogenated alkanes) is 24. The first kappa shape index (κ1) is 60.8. The summed E-state index contributed by atoms with van der Waals surface area (Å²) >= 11 is 0. The molecule has 0 amide bonds. The van der Waals surface area contributed by atoms with Gasteiger partial charge in [-0.25, -0.2) is 0 Å². The van der Waals surface area contributed by atoms with Gasteiger partial charge in [0.1, 0.15) is 6.61 Å². The van der Waals surface area contributed by atoms with Gasteiger partial charge in [-0.3, -0.25) is 9.59 Å². The van der Waals surface area contributed by atoms with Crippen LogP contribution >= 0.6 is 0 Å². The molecule has 0 aromatic heterocycles. The summed E-state index contributed by atoms with van der Waals surface area (Å²) in [5.74, 6) is -0.603. The van der Waals surface area contributed by atoms with Crippen LogP contribution in [-0.4, -0.2) is 36.4 Å². The number of allylic oxidation sites excluding steroid dienone is 16. The molecule has 0 radical (unpaired) electrons. The molecule has 0 saturated carbocycles. The standard InChI is InChI=1S/C59H100O5/c1-3-5-7-9-11-13-15-17-19-21-23-25-27-29-31-33-35-37-39-41-43-45-47-49-51-53-58(61)63-56-57(55-60)64-59(62)54-52-50-48-46-44-42-40-38-36-34-32-30-28-26-24-22-20-18-16-14-12-10-8-6-4-2/h6,8,12,14-15,17-18,20-21,23-24,26-27,29-30,32,57,60H,3-5,7,9-11,13,16,19,22,25,28,31,33-56H2,1-2H3/b8-6-,14-12-,17-15-,20-18-,23-21-,26-24-,29-27-,32-30-. The second kappa shape index (κ2) is 54.2. The fraction of sp³-hybridized carbons (Fsp3) is 0.695. The largest absolute Gasteiger partial charge is 0.462 e. The molecule has 0 spiro atoms. The lowest BCUT2D eigenvalue weighted by Crippen LogP contribution is -2.28. The molecular weight excluding hydrogens is 789 g/mol. The molecular formula is C59H100O5. The highest BCUT2D eigenvalue weighted by molar-refractivity contribution is 5.70. The molecule has 5 nitrogen and oxygen atoms in total. The zero-order valence-electron chi connectivity index (χ0n) is 41.8. The van der Waals surface area contributed by atoms with Crippen molar-refractivity contribution in [3.05, 3.63) is 97.2 Å². The van der Waals surface area contributed by atoms with Crippen molar-refractivity contribution >= 4 is 11.9 Å². The molecule has 0 aliphatic heterocycles. The van der Waals surface area contributed by atoms with Crippen LogP contribution in [0.15, 0.2) is 97.2 Å². The Balaban J connectivity index is 3.55. The van der Waals surface area contributed by atoms with Gasteiger partial charge in [0.05, 0.1) is 6.61 Å². The minimum atomic E-state index is -0.784. The number of esters is 2. The minimum Gasteiger partial charge on any atom is -0.462 e. The number of hydrogen-bond acceptors (Lipinski definition) is 5. The molecule has 5 heteroatoms. The van der Waals surface area contributed by atoms with E-state index in [1.807, 2.05) is 0 Å². The Morgan fingerprint density at radius 2 is 0.672 bits per heavy atom. The molecule has 0 bridgehead atoms. The van der Waals surface area contributed by atoms with Gasteiger partial charge in [-0.15, -0.1) is 0 Å². The highest BCUT2D eigenvalue weighted by Gasteiger charge is 2.16. The number of aliphatic hydroxyl groups is 1. The lowest BCUT2D eigenvalue weighted by atomic mass is 10.0. The van der Waals surface area contributed by atoms with Crippen LogP contribution in [0.3, 0.4) is 0 Å². The number of carbonyl (C=O) groups is 2. The monoisotopic (exact) mass is 889 g/mol. The van der Waals surface area contributed by atoms with Crippen molar-refractivity contribution in [2.75, 3.05) is 13.2 Å². The summed E-state index contributed by atoms with van der Waals surface area (Å²) in [6.45, 7) is 4.02. The highest BCUT2D eigenvalue weighted by atomic mass is 16.6. The van der Waals surface area contributed by atoms with Gasteiger partial charge >= 0.3 is 11.9 Å². The van der Waals surface area contributed by atoms with E-state index < -0.39 is 6.10 Å². The van der Waals surface area contributed by atoms with Gasteiger partial charge in [-0.05, 0) is 96.3 Å². The average Bonchev–Trinajstić information content (AvgIpc) is 3.30. The molecule has 0 aliphatic rings. The van der Waals surface area contributed by atoms with E-state index in [1.54, 1.807) is 0 Å². The Kier molecular flexibility index (Phi) is 51.5. The van der Waals surface area contributed by atoms with E-state index >= 15 is 0 Å². The molecule has 0 aliphatic carbocycles. The first-order valence-electron chi connectivity index (χ1n) is 26.8. The average molecular weight is 889 g/mol. The number of carbonyl (C=O) groups excluding carboxylic acids is 2. The van der Waals surface area contributed by atoms with Crippen molar-refractivity contribution in [2.45, 2.75) is 251 Å². The lowest BCUT2D eigenvalue weighted by molar-refractivity contribution is -0.161. The summed E-state index contributed by atoms with van der Waals surface area (Å²) in [5.41, 5.74) is 0. The van der Waals surface area contributed by atoms with Gasteiger partial charge < -0.3 is 14.6 Å². The van der Waals surface area contributed by atoms with Crippen LogP contribution in [0, 0.1) is 0 Å². The predicted octanol–water partition coefficient (Wildman–Crippen LogP) is 18.0. The molecule has 0 rings (SSSR count). The van der Waals surface area contributed by atoms with Gasteiger partial charge in [0, 0.05) is 12.8 Å². The predicted molar refractivity (Wildman–Crippen MR) is 279 cm³/mol. The fourth-order valence-electron chi connectivity index (χ4n) is 7.35. The van der Waals surface area contributed by atoms with Crippen LogP contribution in [0.25, 0.3) is 0 Å². The maximum absolute atomic E-state index is 12.3. The quantitative estimate of drug-likeness (QED) is 0.0374. The van der Waals surface area contributed by atoms with Crippen molar-refractivity contribution < 1.29 is 24.2 Å². The maximum Gasteiger partial charge on any atom is 0.306 e. The Labute approximate surface area is 396 Å². The highest BCUT2D eigenvalue weighted by Crippen LogP contribution is 2.15. The van der Waals surface area contributed by atoms with Crippen molar-refractivity contribution in [3.63, 3.8) is 0 Å². The first-order chi connectivity index (χ1) is 31.6. The van der Waals surface area contributed by atoms with Crippen LogP contribution in [0.1, 0.15) is 245 Å². The number of rotatable bonds is 48. The molecule has 1 atom stereocenters. The van der Waals surface area contributed by atoms with E-state index in [0.717, 1.165) is 83.5 Å². The minimum absolute atomic E-state index is 0.0749. The lowest BCUT2D eigenvalue weighted by Gasteiger charge is -2.15. The van der Waals surface area contributed by atoms with E-state index in [9.17, 15) is 14.7 Å². The number of hydrogen-bond donors (Lipinski definition) is 1. The molecule has 1 N–H and O–H groups in total. The molecule has 0 aromatic carbocycles. The topological polar surface area (TPSA) is 72.8 Å². The van der Waals surface area contributed by atoms with Crippen molar-refractivity contribution in [1.82, 2.24) is 0 Å². The molecule has 0 fully saturated rings. The number of aliphatic hydroxyl groups excluding tert-OH is 1. The molecule has 0 heterocycles. The van der Waals surface area contributed by atoms with E-state index in [2.05, 4.69) is 111 Å². The summed E-state index contributed by atoms with van der Waals surface area (Å²) in [7, 11) is 0. The van der Waals surface area contributed by atoms with Crippen LogP contribution in [-0.2, 0) is 19.1 Å². The van der Waals surface area contributed by atoms with Crippen LogP contribution < -0.4 is 0 Å². The van der Waals surface area contributed by atoms with Crippen molar-refractivity contribution in [2.24, 2.45) is 0 Å². The SMILES string of the molecule is CC/C=C\C/C=C\C/C=C\C/C=C\C/C=C\CCCCCCCCCCCC(=O)OC(CO)COC(=O)CCCCCCCCCCCC/C=C\C/C=C\C/C=C\CCCCCCC. The van der Waals surface area contributed by atoms with Gasteiger partial charge in [-0.2, -0.15) is 0 Å². The Morgan fingerprint density at radius 1 is 0.375 bits per heavy atom. The summed E-state index contributed by atoms with van der Waals surface area (Å²) < 4.78 is 10.7. The molecule has 366 valence electrons.